The van der Waals surface area contributed by atoms with E-state index in [9.17, 15) is 0 Å². The molecule has 0 bridgehead atoms. The van der Waals surface area contributed by atoms with E-state index in [0.29, 0.717) is 0 Å². The monoisotopic (exact) mass is 424 g/mol. The number of para-hydroxylation sites is 2. The van der Waals surface area contributed by atoms with Crippen molar-refractivity contribution in [3.05, 3.63) is 131 Å². The standard InChI is InChI=1S/C27H20OS2/c1-3-11-20(12-4-1)27(21-13-5-2-6-14-21)29-19-26(30-27)22-15-7-9-17-24(22)28-25-18-10-8-16-23(25)26/h1-18H,19H2. The summed E-state index contributed by atoms with van der Waals surface area (Å²) in [4.78, 5) is 0. The Morgan fingerprint density at radius 1 is 0.567 bits per heavy atom. The highest BCUT2D eigenvalue weighted by Crippen LogP contribution is 2.71. The van der Waals surface area contributed by atoms with Gasteiger partial charge in [-0.25, -0.2) is 0 Å². The zero-order valence-electron chi connectivity index (χ0n) is 16.3. The van der Waals surface area contributed by atoms with Crippen LogP contribution in [-0.2, 0) is 8.83 Å². The van der Waals surface area contributed by atoms with E-state index in [4.69, 9.17) is 4.74 Å². The van der Waals surface area contributed by atoms with Crippen LogP contribution in [0.1, 0.15) is 22.3 Å². The second-order valence-corrected chi connectivity index (χ2v) is 10.6. The van der Waals surface area contributed by atoms with Gasteiger partial charge in [-0.2, -0.15) is 0 Å². The van der Waals surface area contributed by atoms with Crippen molar-refractivity contribution in [3.8, 4) is 11.5 Å². The van der Waals surface area contributed by atoms with Gasteiger partial charge in [0.05, 0.1) is 4.75 Å². The Hall–Kier alpha value is -2.62. The van der Waals surface area contributed by atoms with Crippen LogP contribution in [0, 0.1) is 0 Å². The first kappa shape index (κ1) is 18.2. The molecule has 6 rings (SSSR count). The molecule has 0 radical (unpaired) electrons. The number of thioether (sulfide) groups is 2. The number of hydrogen-bond acceptors (Lipinski definition) is 3. The lowest BCUT2D eigenvalue weighted by molar-refractivity contribution is 0.444. The van der Waals surface area contributed by atoms with Gasteiger partial charge in [0.1, 0.15) is 15.6 Å². The summed E-state index contributed by atoms with van der Waals surface area (Å²) in [5.41, 5.74) is 5.22. The summed E-state index contributed by atoms with van der Waals surface area (Å²) >= 11 is 4.09. The van der Waals surface area contributed by atoms with Gasteiger partial charge in [-0.3, -0.25) is 0 Å². The maximum absolute atomic E-state index is 6.32. The quantitative estimate of drug-likeness (QED) is 0.331. The third-order valence-electron chi connectivity index (χ3n) is 5.97. The number of fused-ring (bicyclic) bond motifs is 4. The third-order valence-corrected chi connectivity index (χ3v) is 9.90. The average Bonchev–Trinajstić information content (AvgIpc) is 3.23. The number of rotatable bonds is 2. The van der Waals surface area contributed by atoms with Crippen LogP contribution in [0.3, 0.4) is 0 Å². The van der Waals surface area contributed by atoms with Gasteiger partial charge in [-0.1, -0.05) is 97.1 Å². The first-order chi connectivity index (χ1) is 14.8. The highest BCUT2D eigenvalue weighted by atomic mass is 32.2. The van der Waals surface area contributed by atoms with E-state index in [0.717, 1.165) is 17.3 Å². The molecule has 0 aliphatic carbocycles. The summed E-state index contributed by atoms with van der Waals surface area (Å²) in [6, 6.07) is 38.9. The molecule has 0 atom stereocenters. The Balaban J connectivity index is 1.60. The fraction of sp³-hybridized carbons (Fsp3) is 0.111. The zero-order chi connectivity index (χ0) is 20.0. The van der Waals surface area contributed by atoms with Crippen molar-refractivity contribution < 1.29 is 4.74 Å². The van der Waals surface area contributed by atoms with Crippen molar-refractivity contribution in [1.29, 1.82) is 0 Å². The van der Waals surface area contributed by atoms with E-state index < -0.39 is 0 Å². The van der Waals surface area contributed by atoms with E-state index >= 15 is 0 Å². The predicted molar refractivity (Wildman–Crippen MR) is 127 cm³/mol. The van der Waals surface area contributed by atoms with Crippen LogP contribution < -0.4 is 4.74 Å². The Bertz CT molecular complexity index is 1120. The van der Waals surface area contributed by atoms with Gasteiger partial charge in [0.15, 0.2) is 0 Å². The van der Waals surface area contributed by atoms with Crippen molar-refractivity contribution in [3.63, 3.8) is 0 Å². The van der Waals surface area contributed by atoms with E-state index in [1.54, 1.807) is 0 Å². The molecule has 0 amide bonds. The lowest BCUT2D eigenvalue weighted by Crippen LogP contribution is -2.29. The average molecular weight is 425 g/mol. The van der Waals surface area contributed by atoms with Crippen molar-refractivity contribution in [2.45, 2.75) is 8.83 Å². The fourth-order valence-electron chi connectivity index (χ4n) is 4.58. The van der Waals surface area contributed by atoms with E-state index in [2.05, 4.69) is 121 Å². The SMILES string of the molecule is c1ccc(C2(c3ccccc3)SCC3(S2)c2ccccc2Oc2ccccc23)cc1. The third kappa shape index (κ3) is 2.59. The van der Waals surface area contributed by atoms with Gasteiger partial charge in [0, 0.05) is 16.9 Å². The zero-order valence-corrected chi connectivity index (χ0v) is 18.0. The van der Waals surface area contributed by atoms with Gasteiger partial charge in [-0.05, 0) is 23.3 Å². The number of hydrogen-bond donors (Lipinski definition) is 0. The topological polar surface area (TPSA) is 9.23 Å². The van der Waals surface area contributed by atoms with E-state index in [-0.39, 0.29) is 8.83 Å². The van der Waals surface area contributed by atoms with Crippen molar-refractivity contribution in [2.24, 2.45) is 0 Å². The van der Waals surface area contributed by atoms with Gasteiger partial charge < -0.3 is 4.74 Å². The fourth-order valence-corrected chi connectivity index (χ4v) is 8.71. The summed E-state index contributed by atoms with van der Waals surface area (Å²) in [6.07, 6.45) is 0. The van der Waals surface area contributed by atoms with Crippen LogP contribution in [0.5, 0.6) is 11.5 Å². The molecular weight excluding hydrogens is 404 g/mol. The lowest BCUT2D eigenvalue weighted by Gasteiger charge is -2.38. The smallest absolute Gasteiger partial charge is 0.132 e. The number of ether oxygens (including phenoxy) is 1. The lowest BCUT2D eigenvalue weighted by atomic mass is 9.88. The van der Waals surface area contributed by atoms with Crippen LogP contribution in [0.15, 0.2) is 109 Å². The second kappa shape index (κ2) is 6.97. The molecule has 146 valence electrons. The van der Waals surface area contributed by atoms with Gasteiger partial charge in [-0.15, -0.1) is 23.5 Å². The van der Waals surface area contributed by atoms with Crippen LogP contribution in [0.25, 0.3) is 0 Å². The molecule has 0 saturated carbocycles. The van der Waals surface area contributed by atoms with Crippen LogP contribution in [-0.4, -0.2) is 5.75 Å². The molecule has 30 heavy (non-hydrogen) atoms. The van der Waals surface area contributed by atoms with Crippen LogP contribution in [0.2, 0.25) is 0 Å². The summed E-state index contributed by atoms with van der Waals surface area (Å²) in [5.74, 6) is 2.93. The Morgan fingerprint density at radius 3 is 1.57 bits per heavy atom. The Kier molecular flexibility index (Phi) is 4.22. The van der Waals surface area contributed by atoms with Crippen LogP contribution >= 0.6 is 23.5 Å². The molecule has 2 aliphatic heterocycles. The van der Waals surface area contributed by atoms with Gasteiger partial charge >= 0.3 is 0 Å². The maximum Gasteiger partial charge on any atom is 0.132 e. The summed E-state index contributed by atoms with van der Waals surface area (Å²) in [7, 11) is 0. The first-order valence-corrected chi connectivity index (χ1v) is 11.9. The highest BCUT2D eigenvalue weighted by Gasteiger charge is 2.56. The highest BCUT2D eigenvalue weighted by molar-refractivity contribution is 8.21. The second-order valence-electron chi connectivity index (χ2n) is 7.66. The number of benzene rings is 4. The largest absolute Gasteiger partial charge is 0.457 e. The van der Waals surface area contributed by atoms with Gasteiger partial charge in [0.2, 0.25) is 0 Å². The molecule has 1 nitrogen and oxygen atoms in total. The first-order valence-electron chi connectivity index (χ1n) is 10.1. The molecule has 0 aromatic heterocycles. The Morgan fingerprint density at radius 2 is 1.03 bits per heavy atom. The molecule has 1 fully saturated rings. The summed E-state index contributed by atoms with van der Waals surface area (Å²) < 4.78 is 5.98. The van der Waals surface area contributed by atoms with Crippen molar-refractivity contribution >= 4 is 23.5 Å². The van der Waals surface area contributed by atoms with E-state index in [1.807, 2.05) is 11.8 Å². The van der Waals surface area contributed by atoms with Gasteiger partial charge in [0.25, 0.3) is 0 Å². The minimum Gasteiger partial charge on any atom is -0.457 e. The minimum absolute atomic E-state index is 0.165. The molecule has 0 unspecified atom stereocenters. The molecule has 3 heteroatoms. The molecule has 4 aromatic carbocycles. The Labute approximate surface area is 185 Å². The molecule has 1 spiro atoms. The molecule has 2 heterocycles. The maximum atomic E-state index is 6.32. The van der Waals surface area contributed by atoms with Crippen molar-refractivity contribution in [2.75, 3.05) is 5.75 Å². The minimum atomic E-state index is -0.180. The molecule has 4 aromatic rings. The molecule has 1 saturated heterocycles. The molecule has 2 aliphatic rings. The van der Waals surface area contributed by atoms with E-state index in [1.165, 1.54) is 22.3 Å². The summed E-state index contributed by atoms with van der Waals surface area (Å²) in [5, 5.41) is 0. The predicted octanol–water partition coefficient (Wildman–Crippen LogP) is 7.42. The normalized spacial score (nSPS) is 17.7. The summed E-state index contributed by atoms with van der Waals surface area (Å²) in [6.45, 7) is 0. The molecule has 0 N–H and O–H groups in total. The van der Waals surface area contributed by atoms with Crippen LogP contribution in [0.4, 0.5) is 0 Å². The van der Waals surface area contributed by atoms with Crippen molar-refractivity contribution in [1.82, 2.24) is 0 Å². The molecular formula is C27H20OS2.